The van der Waals surface area contributed by atoms with E-state index in [1.54, 1.807) is 34.1 Å². The molecule has 1 N–H and O–H groups in total. The summed E-state index contributed by atoms with van der Waals surface area (Å²) in [5, 5.41) is 9.83. The summed E-state index contributed by atoms with van der Waals surface area (Å²) in [5.41, 5.74) is 3.44. The first-order chi connectivity index (χ1) is 20.4. The van der Waals surface area contributed by atoms with Gasteiger partial charge in [-0.2, -0.15) is 0 Å². The fraction of sp³-hybridized carbons (Fsp3) is 0.229. The van der Waals surface area contributed by atoms with E-state index in [-0.39, 0.29) is 30.7 Å². The minimum atomic E-state index is -0.893. The normalized spacial score (nSPS) is 10.8. The Labute approximate surface area is 252 Å². The Morgan fingerprint density at radius 1 is 0.667 bits per heavy atom. The van der Waals surface area contributed by atoms with E-state index in [9.17, 15) is 19.5 Å². The van der Waals surface area contributed by atoms with Crippen molar-refractivity contribution in [3.63, 3.8) is 0 Å². The minimum absolute atomic E-state index is 0.0273. The highest BCUT2D eigenvalue weighted by molar-refractivity contribution is 6.30. The zero-order valence-corrected chi connectivity index (χ0v) is 24.2. The number of aliphatic carboxylic acids is 1. The topological polar surface area (TPSA) is 77.9 Å². The summed E-state index contributed by atoms with van der Waals surface area (Å²) in [6.45, 7) is 1.10. The molecule has 42 heavy (non-hydrogen) atoms. The predicted octanol–water partition coefficient (Wildman–Crippen LogP) is 7.25. The third-order valence-corrected chi connectivity index (χ3v) is 7.32. The van der Waals surface area contributed by atoms with E-state index in [0.717, 1.165) is 16.7 Å². The highest BCUT2D eigenvalue weighted by atomic mass is 35.5. The number of halogens is 1. The molecule has 0 radical (unpaired) electrons. The van der Waals surface area contributed by atoms with Gasteiger partial charge in [-0.3, -0.25) is 14.4 Å². The van der Waals surface area contributed by atoms with Crippen LogP contribution in [0.5, 0.6) is 0 Å². The maximum atomic E-state index is 13.9. The second-order valence-corrected chi connectivity index (χ2v) is 10.6. The minimum Gasteiger partial charge on any atom is -0.481 e. The maximum Gasteiger partial charge on any atom is 0.303 e. The Morgan fingerprint density at radius 3 is 1.74 bits per heavy atom. The van der Waals surface area contributed by atoms with E-state index >= 15 is 0 Å². The number of carboxylic acid groups (broad SMARTS) is 1. The smallest absolute Gasteiger partial charge is 0.303 e. The molecule has 0 saturated heterocycles. The number of carbonyl (C=O) groups excluding carboxylic acids is 2. The average molecular weight is 583 g/mol. The Bertz CT molecular complexity index is 1390. The SMILES string of the molecule is O=C(O)CCCN(C(=O)CCCN(Cc1ccccc1)C(=O)c1ccc(Cl)cc1)C(c1ccccc1)c1ccccc1. The van der Waals surface area contributed by atoms with Crippen molar-refractivity contribution >= 4 is 29.4 Å². The second kappa shape index (κ2) is 15.5. The molecular weight excluding hydrogens is 548 g/mol. The molecule has 216 valence electrons. The van der Waals surface area contributed by atoms with Crippen LogP contribution in [0.2, 0.25) is 5.02 Å². The van der Waals surface area contributed by atoms with Crippen LogP contribution in [0.25, 0.3) is 0 Å². The zero-order valence-electron chi connectivity index (χ0n) is 23.4. The van der Waals surface area contributed by atoms with Crippen LogP contribution >= 0.6 is 11.6 Å². The van der Waals surface area contributed by atoms with Crippen molar-refractivity contribution in [2.24, 2.45) is 0 Å². The van der Waals surface area contributed by atoms with Gasteiger partial charge < -0.3 is 14.9 Å². The van der Waals surface area contributed by atoms with Crippen LogP contribution in [0.3, 0.4) is 0 Å². The summed E-state index contributed by atoms with van der Waals surface area (Å²) in [4.78, 5) is 42.2. The Kier molecular flexibility index (Phi) is 11.3. The molecule has 4 rings (SSSR count). The molecule has 2 amide bonds. The molecule has 0 aromatic heterocycles. The number of hydrogen-bond acceptors (Lipinski definition) is 3. The van der Waals surface area contributed by atoms with Crippen LogP contribution in [0.4, 0.5) is 0 Å². The lowest BCUT2D eigenvalue weighted by Crippen LogP contribution is -2.37. The lowest BCUT2D eigenvalue weighted by molar-refractivity contribution is -0.138. The lowest BCUT2D eigenvalue weighted by atomic mass is 9.96. The molecule has 0 atom stereocenters. The van der Waals surface area contributed by atoms with Gasteiger partial charge >= 0.3 is 5.97 Å². The molecule has 4 aromatic rings. The van der Waals surface area contributed by atoms with Gasteiger partial charge in [-0.25, -0.2) is 0 Å². The van der Waals surface area contributed by atoms with Crippen LogP contribution in [0.1, 0.15) is 58.8 Å². The molecule has 6 nitrogen and oxygen atoms in total. The standard InChI is InChI=1S/C35H35ClN2O4/c36-31-22-20-30(21-23-31)35(42)37(26-27-12-4-1-5-13-27)24-10-18-32(39)38(25-11-19-33(40)41)34(28-14-6-2-7-15-28)29-16-8-3-9-17-29/h1-9,12-17,20-23,34H,10-11,18-19,24-26H2,(H,40,41). The highest BCUT2D eigenvalue weighted by Crippen LogP contribution is 2.30. The number of nitrogens with zero attached hydrogens (tertiary/aromatic N) is 2. The first kappa shape index (κ1) is 30.5. The predicted molar refractivity (Wildman–Crippen MR) is 165 cm³/mol. The van der Waals surface area contributed by atoms with E-state index in [0.29, 0.717) is 43.1 Å². The van der Waals surface area contributed by atoms with Crippen molar-refractivity contribution < 1.29 is 19.5 Å². The molecule has 4 aromatic carbocycles. The van der Waals surface area contributed by atoms with Crippen LogP contribution in [-0.2, 0) is 16.1 Å². The second-order valence-electron chi connectivity index (χ2n) is 10.1. The van der Waals surface area contributed by atoms with Gasteiger partial charge in [0.2, 0.25) is 5.91 Å². The van der Waals surface area contributed by atoms with Crippen LogP contribution in [0.15, 0.2) is 115 Å². The molecule has 0 bridgehead atoms. The quantitative estimate of drug-likeness (QED) is 0.170. The van der Waals surface area contributed by atoms with Crippen LogP contribution in [0, 0.1) is 0 Å². The van der Waals surface area contributed by atoms with Crippen LogP contribution in [-0.4, -0.2) is 45.8 Å². The molecule has 0 heterocycles. The monoisotopic (exact) mass is 582 g/mol. The van der Waals surface area contributed by atoms with Gasteiger partial charge in [-0.1, -0.05) is 103 Å². The molecule has 0 fully saturated rings. The third kappa shape index (κ3) is 8.79. The number of carbonyl (C=O) groups is 3. The zero-order chi connectivity index (χ0) is 29.7. The Hall–Kier alpha value is -4.42. The van der Waals surface area contributed by atoms with Crippen LogP contribution < -0.4 is 0 Å². The van der Waals surface area contributed by atoms with E-state index < -0.39 is 5.97 Å². The van der Waals surface area contributed by atoms with Gasteiger partial charge in [0.15, 0.2) is 0 Å². The Balaban J connectivity index is 1.54. The van der Waals surface area contributed by atoms with E-state index in [1.807, 2.05) is 91.0 Å². The first-order valence-electron chi connectivity index (χ1n) is 14.1. The summed E-state index contributed by atoms with van der Waals surface area (Å²) >= 11 is 6.04. The summed E-state index contributed by atoms with van der Waals surface area (Å²) < 4.78 is 0. The first-order valence-corrected chi connectivity index (χ1v) is 14.5. The summed E-state index contributed by atoms with van der Waals surface area (Å²) in [5.74, 6) is -1.11. The molecule has 0 aliphatic heterocycles. The van der Waals surface area contributed by atoms with Crippen molar-refractivity contribution in [2.75, 3.05) is 13.1 Å². The van der Waals surface area contributed by atoms with Crippen molar-refractivity contribution in [1.82, 2.24) is 9.80 Å². The summed E-state index contributed by atoms with van der Waals surface area (Å²) in [6, 6.07) is 35.8. The number of rotatable bonds is 14. The van der Waals surface area contributed by atoms with Crippen molar-refractivity contribution in [3.8, 4) is 0 Å². The number of carboxylic acids is 1. The van der Waals surface area contributed by atoms with E-state index in [4.69, 9.17) is 11.6 Å². The van der Waals surface area contributed by atoms with Gasteiger partial charge in [-0.05, 0) is 53.8 Å². The molecule has 0 saturated carbocycles. The van der Waals surface area contributed by atoms with Crippen molar-refractivity contribution in [1.29, 1.82) is 0 Å². The molecule has 0 aliphatic rings. The van der Waals surface area contributed by atoms with Crippen molar-refractivity contribution in [2.45, 2.75) is 38.3 Å². The summed E-state index contributed by atoms with van der Waals surface area (Å²) in [6.07, 6.45) is 0.978. The van der Waals surface area contributed by atoms with Gasteiger partial charge in [0.25, 0.3) is 5.91 Å². The van der Waals surface area contributed by atoms with Gasteiger partial charge in [0.1, 0.15) is 0 Å². The fourth-order valence-electron chi connectivity index (χ4n) is 5.02. The largest absolute Gasteiger partial charge is 0.481 e. The van der Waals surface area contributed by atoms with Crippen molar-refractivity contribution in [3.05, 3.63) is 143 Å². The fourth-order valence-corrected chi connectivity index (χ4v) is 5.14. The molecule has 0 unspecified atom stereocenters. The Morgan fingerprint density at radius 2 is 1.19 bits per heavy atom. The van der Waals surface area contributed by atoms with Gasteiger partial charge in [0, 0.05) is 43.1 Å². The van der Waals surface area contributed by atoms with E-state index in [1.165, 1.54) is 0 Å². The number of hydrogen-bond donors (Lipinski definition) is 1. The maximum absolute atomic E-state index is 13.9. The molecule has 0 spiro atoms. The average Bonchev–Trinajstić information content (AvgIpc) is 3.01. The van der Waals surface area contributed by atoms with Gasteiger partial charge in [0.05, 0.1) is 6.04 Å². The molecule has 0 aliphatic carbocycles. The van der Waals surface area contributed by atoms with E-state index in [2.05, 4.69) is 0 Å². The molecule has 7 heteroatoms. The number of benzene rings is 4. The van der Waals surface area contributed by atoms with Gasteiger partial charge in [-0.15, -0.1) is 0 Å². The third-order valence-electron chi connectivity index (χ3n) is 7.07. The summed E-state index contributed by atoms with van der Waals surface area (Å²) in [7, 11) is 0. The lowest BCUT2D eigenvalue weighted by Gasteiger charge is -2.33. The molecular formula is C35H35ClN2O4. The number of amides is 2. The highest BCUT2D eigenvalue weighted by Gasteiger charge is 2.27.